The first kappa shape index (κ1) is 12.8. The van der Waals surface area contributed by atoms with Crippen LogP contribution in [0.3, 0.4) is 0 Å². The van der Waals surface area contributed by atoms with Gasteiger partial charge in [-0.3, -0.25) is 0 Å². The van der Waals surface area contributed by atoms with Crippen molar-refractivity contribution in [1.82, 2.24) is 5.32 Å². The van der Waals surface area contributed by atoms with Crippen LogP contribution in [0.2, 0.25) is 0 Å². The van der Waals surface area contributed by atoms with Crippen LogP contribution in [0.5, 0.6) is 0 Å². The van der Waals surface area contributed by atoms with Gasteiger partial charge in [-0.05, 0) is 70.7 Å². The molecule has 1 unspecified atom stereocenters. The van der Waals surface area contributed by atoms with Crippen LogP contribution in [-0.4, -0.2) is 7.05 Å². The molecule has 0 aromatic carbocycles. The average Bonchev–Trinajstić information content (AvgIpc) is 2.61. The zero-order valence-corrected chi connectivity index (χ0v) is 13.2. The van der Waals surface area contributed by atoms with Gasteiger partial charge in [-0.15, -0.1) is 11.3 Å². The van der Waals surface area contributed by atoms with Gasteiger partial charge in [0.1, 0.15) is 0 Å². The van der Waals surface area contributed by atoms with E-state index in [9.17, 15) is 0 Å². The lowest BCUT2D eigenvalue weighted by Gasteiger charge is -2.21. The van der Waals surface area contributed by atoms with Gasteiger partial charge in [0.15, 0.2) is 0 Å². The highest BCUT2D eigenvalue weighted by molar-refractivity contribution is 9.13. The van der Waals surface area contributed by atoms with E-state index in [1.165, 1.54) is 34.3 Å². The van der Waals surface area contributed by atoms with E-state index in [-0.39, 0.29) is 0 Å². The van der Waals surface area contributed by atoms with E-state index in [4.69, 9.17) is 0 Å². The minimum atomic E-state index is 0.396. The highest BCUT2D eigenvalue weighted by Gasteiger charge is 2.19. The van der Waals surface area contributed by atoms with Crippen LogP contribution in [0.15, 0.2) is 26.0 Å². The van der Waals surface area contributed by atoms with E-state index >= 15 is 0 Å². The van der Waals surface area contributed by atoms with Crippen molar-refractivity contribution < 1.29 is 0 Å². The average molecular weight is 365 g/mol. The maximum absolute atomic E-state index is 3.56. The molecule has 16 heavy (non-hydrogen) atoms. The fourth-order valence-corrected chi connectivity index (χ4v) is 4.38. The standard InChI is InChI=1S/C12H15Br2NS/c1-15-11(8-5-3-2-4-6-8)10-7-9(13)12(14)16-10/h5,7,11,15H,2-4,6H2,1H3. The lowest BCUT2D eigenvalue weighted by molar-refractivity contribution is 0.599. The quantitative estimate of drug-likeness (QED) is 0.741. The maximum Gasteiger partial charge on any atom is 0.0843 e. The molecule has 0 spiro atoms. The SMILES string of the molecule is CNC(C1=CCCCC1)c1cc(Br)c(Br)s1. The molecular weight excluding hydrogens is 350 g/mol. The molecule has 1 aromatic heterocycles. The largest absolute Gasteiger partial charge is 0.309 e. The Morgan fingerprint density at radius 1 is 1.38 bits per heavy atom. The number of allylic oxidation sites excluding steroid dienone is 1. The highest BCUT2D eigenvalue weighted by atomic mass is 79.9. The summed E-state index contributed by atoms with van der Waals surface area (Å²) in [7, 11) is 2.04. The zero-order chi connectivity index (χ0) is 11.5. The molecule has 1 heterocycles. The first-order valence-electron chi connectivity index (χ1n) is 5.53. The van der Waals surface area contributed by atoms with E-state index in [1.54, 1.807) is 5.57 Å². The highest BCUT2D eigenvalue weighted by Crippen LogP contribution is 2.39. The normalized spacial score (nSPS) is 18.3. The molecule has 1 aromatic rings. The van der Waals surface area contributed by atoms with Crippen LogP contribution in [-0.2, 0) is 0 Å². The number of halogens is 2. The molecular formula is C12H15Br2NS. The summed E-state index contributed by atoms with van der Waals surface area (Å²) < 4.78 is 2.34. The second-order valence-corrected chi connectivity index (χ2v) is 7.27. The number of rotatable bonds is 3. The summed E-state index contributed by atoms with van der Waals surface area (Å²) in [4.78, 5) is 1.38. The van der Waals surface area contributed by atoms with Gasteiger partial charge in [-0.2, -0.15) is 0 Å². The zero-order valence-electron chi connectivity index (χ0n) is 9.22. The Kier molecular flexibility index (Phi) is 4.65. The third-order valence-electron chi connectivity index (χ3n) is 2.93. The Bertz CT molecular complexity index is 378. The first-order valence-corrected chi connectivity index (χ1v) is 7.93. The van der Waals surface area contributed by atoms with Gasteiger partial charge < -0.3 is 5.32 Å². The minimum Gasteiger partial charge on any atom is -0.309 e. The fraction of sp³-hybridized carbons (Fsp3) is 0.500. The second kappa shape index (κ2) is 5.80. The van der Waals surface area contributed by atoms with Crippen molar-refractivity contribution in [2.45, 2.75) is 31.7 Å². The molecule has 0 bridgehead atoms. The van der Waals surface area contributed by atoms with Crippen LogP contribution in [0.25, 0.3) is 0 Å². The summed E-state index contributed by atoms with van der Waals surface area (Å²) in [5, 5.41) is 3.43. The van der Waals surface area contributed by atoms with Crippen molar-refractivity contribution in [3.63, 3.8) is 0 Å². The summed E-state index contributed by atoms with van der Waals surface area (Å²) in [5.74, 6) is 0. The van der Waals surface area contributed by atoms with Crippen molar-refractivity contribution in [3.8, 4) is 0 Å². The maximum atomic E-state index is 3.56. The van der Waals surface area contributed by atoms with Crippen molar-refractivity contribution >= 4 is 43.2 Å². The lowest BCUT2D eigenvalue weighted by Crippen LogP contribution is -2.18. The Hall–Kier alpha value is 0.360. The van der Waals surface area contributed by atoms with E-state index in [1.807, 2.05) is 18.4 Å². The molecule has 0 saturated carbocycles. The third kappa shape index (κ3) is 2.78. The molecule has 4 heteroatoms. The minimum absolute atomic E-state index is 0.396. The molecule has 0 amide bonds. The van der Waals surface area contributed by atoms with Crippen LogP contribution in [0.4, 0.5) is 0 Å². The number of nitrogens with one attached hydrogen (secondary N) is 1. The fourth-order valence-electron chi connectivity index (χ4n) is 2.14. The monoisotopic (exact) mass is 363 g/mol. The van der Waals surface area contributed by atoms with Crippen LogP contribution < -0.4 is 5.32 Å². The molecule has 1 atom stereocenters. The molecule has 0 saturated heterocycles. The molecule has 0 aliphatic heterocycles. The van der Waals surface area contributed by atoms with Gasteiger partial charge in [0.2, 0.25) is 0 Å². The van der Waals surface area contributed by atoms with Crippen molar-refractivity contribution in [2.75, 3.05) is 7.05 Å². The molecule has 2 rings (SSSR count). The van der Waals surface area contributed by atoms with Crippen molar-refractivity contribution in [2.24, 2.45) is 0 Å². The molecule has 0 radical (unpaired) electrons. The predicted molar refractivity (Wildman–Crippen MR) is 78.1 cm³/mol. The van der Waals surface area contributed by atoms with Gasteiger partial charge in [0.25, 0.3) is 0 Å². The Labute approximate surface area is 118 Å². The number of hydrogen-bond donors (Lipinski definition) is 1. The summed E-state index contributed by atoms with van der Waals surface area (Å²) in [6, 6.07) is 2.61. The summed E-state index contributed by atoms with van der Waals surface area (Å²) >= 11 is 8.92. The first-order chi connectivity index (χ1) is 7.72. The Balaban J connectivity index is 2.24. The number of likely N-dealkylation sites (N-methyl/N-ethyl adjacent to an activating group) is 1. The lowest BCUT2D eigenvalue weighted by atomic mass is 9.93. The second-order valence-electron chi connectivity index (χ2n) is 4.02. The molecule has 0 fully saturated rings. The van der Waals surface area contributed by atoms with E-state index in [2.05, 4.69) is 49.3 Å². The molecule has 1 aliphatic rings. The smallest absolute Gasteiger partial charge is 0.0843 e. The van der Waals surface area contributed by atoms with Gasteiger partial charge in [0, 0.05) is 9.35 Å². The topological polar surface area (TPSA) is 12.0 Å². The van der Waals surface area contributed by atoms with Crippen LogP contribution in [0, 0.1) is 0 Å². The molecule has 88 valence electrons. The molecule has 1 aliphatic carbocycles. The predicted octanol–water partition coefficient (Wildman–Crippen LogP) is 5.03. The molecule has 1 nitrogen and oxygen atoms in total. The number of thiophene rings is 1. The molecule has 1 N–H and O–H groups in total. The Morgan fingerprint density at radius 3 is 2.69 bits per heavy atom. The van der Waals surface area contributed by atoms with E-state index in [0.717, 1.165) is 4.47 Å². The summed E-state index contributed by atoms with van der Waals surface area (Å²) in [6.45, 7) is 0. The van der Waals surface area contributed by atoms with Crippen molar-refractivity contribution in [1.29, 1.82) is 0 Å². The van der Waals surface area contributed by atoms with E-state index < -0.39 is 0 Å². The summed E-state index contributed by atoms with van der Waals surface area (Å²) in [5.41, 5.74) is 1.55. The number of hydrogen-bond acceptors (Lipinski definition) is 2. The van der Waals surface area contributed by atoms with Crippen LogP contribution >= 0.6 is 43.2 Å². The van der Waals surface area contributed by atoms with Gasteiger partial charge in [-0.1, -0.05) is 11.6 Å². The van der Waals surface area contributed by atoms with Crippen molar-refractivity contribution in [3.05, 3.63) is 30.9 Å². The van der Waals surface area contributed by atoms with Gasteiger partial charge in [-0.25, -0.2) is 0 Å². The van der Waals surface area contributed by atoms with E-state index in [0.29, 0.717) is 6.04 Å². The Morgan fingerprint density at radius 2 is 2.19 bits per heavy atom. The van der Waals surface area contributed by atoms with Gasteiger partial charge in [0.05, 0.1) is 9.83 Å². The van der Waals surface area contributed by atoms with Gasteiger partial charge >= 0.3 is 0 Å². The van der Waals surface area contributed by atoms with Crippen LogP contribution in [0.1, 0.15) is 36.6 Å². The summed E-state index contributed by atoms with van der Waals surface area (Å²) in [6.07, 6.45) is 7.56. The third-order valence-corrected chi connectivity index (χ3v) is 6.26.